The molecule has 2 aromatic carbocycles. The molecule has 0 aliphatic heterocycles. The third kappa shape index (κ3) is 8.14. The molecule has 2 rings (SSSR count). The lowest BCUT2D eigenvalue weighted by Crippen LogP contribution is -2.32. The minimum atomic E-state index is -0.365. The van der Waals surface area contributed by atoms with E-state index in [9.17, 15) is 9.59 Å². The number of esters is 1. The van der Waals surface area contributed by atoms with Crippen LogP contribution >= 0.6 is 12.2 Å². The van der Waals surface area contributed by atoms with Gasteiger partial charge in [0.05, 0.1) is 5.56 Å². The number of nitrogens with one attached hydrogen (secondary N) is 2. The topological polar surface area (TPSA) is 70.7 Å². The van der Waals surface area contributed by atoms with Crippen LogP contribution in [0.2, 0.25) is 0 Å². The number of thiocarbonyl (C=S) groups is 1. The number of rotatable bonds is 9. The highest BCUT2D eigenvalue weighted by atomic mass is 32.1. The van der Waals surface area contributed by atoms with Gasteiger partial charge in [0.2, 0.25) is 5.91 Å². The molecule has 0 heterocycles. The molecular formula is C23H27N3O3S. The van der Waals surface area contributed by atoms with Gasteiger partial charge in [-0.05, 0) is 61.2 Å². The molecule has 0 aliphatic rings. The van der Waals surface area contributed by atoms with Crippen LogP contribution in [0.5, 0.6) is 0 Å². The SMILES string of the molecule is CCN(CC)CCOC(=O)c1ccc(NC(=S)NC(=O)/C=C\c2ccccc2)cc1. The molecule has 1 amide bonds. The Morgan fingerprint density at radius 3 is 2.33 bits per heavy atom. The van der Waals surface area contributed by atoms with Crippen LogP contribution in [0.3, 0.4) is 0 Å². The summed E-state index contributed by atoms with van der Waals surface area (Å²) < 4.78 is 5.31. The van der Waals surface area contributed by atoms with E-state index in [-0.39, 0.29) is 17.0 Å². The summed E-state index contributed by atoms with van der Waals surface area (Å²) >= 11 is 5.16. The number of anilines is 1. The zero-order valence-corrected chi connectivity index (χ0v) is 18.1. The van der Waals surface area contributed by atoms with Crippen molar-refractivity contribution in [3.05, 3.63) is 71.8 Å². The summed E-state index contributed by atoms with van der Waals surface area (Å²) in [6, 6.07) is 16.2. The molecule has 0 radical (unpaired) electrons. The predicted molar refractivity (Wildman–Crippen MR) is 124 cm³/mol. The first kappa shape index (κ1) is 23.3. The van der Waals surface area contributed by atoms with E-state index in [0.29, 0.717) is 24.4 Å². The van der Waals surface area contributed by atoms with Crippen molar-refractivity contribution in [3.8, 4) is 0 Å². The van der Waals surface area contributed by atoms with Gasteiger partial charge in [-0.25, -0.2) is 4.79 Å². The monoisotopic (exact) mass is 425 g/mol. The molecule has 0 aliphatic carbocycles. The second-order valence-electron chi connectivity index (χ2n) is 6.43. The second-order valence-corrected chi connectivity index (χ2v) is 6.84. The molecule has 6 nitrogen and oxygen atoms in total. The Labute approximate surface area is 182 Å². The first-order valence-electron chi connectivity index (χ1n) is 9.86. The number of hydrogen-bond donors (Lipinski definition) is 2. The summed E-state index contributed by atoms with van der Waals surface area (Å²) in [5.41, 5.74) is 2.04. The van der Waals surface area contributed by atoms with Crippen LogP contribution in [0.25, 0.3) is 6.08 Å². The van der Waals surface area contributed by atoms with Crippen LogP contribution in [-0.4, -0.2) is 48.1 Å². The van der Waals surface area contributed by atoms with Gasteiger partial charge in [-0.15, -0.1) is 0 Å². The van der Waals surface area contributed by atoms with E-state index in [2.05, 4.69) is 29.4 Å². The Morgan fingerprint density at radius 2 is 1.70 bits per heavy atom. The summed E-state index contributed by atoms with van der Waals surface area (Å²) in [6.45, 7) is 7.06. The number of benzene rings is 2. The summed E-state index contributed by atoms with van der Waals surface area (Å²) in [5.74, 6) is -0.694. The van der Waals surface area contributed by atoms with E-state index in [1.54, 1.807) is 30.3 Å². The Hall–Kier alpha value is -3.03. The second kappa shape index (κ2) is 12.5. The fourth-order valence-electron chi connectivity index (χ4n) is 2.63. The quantitative estimate of drug-likeness (QED) is 0.363. The fraction of sp³-hybridized carbons (Fsp3) is 0.261. The minimum Gasteiger partial charge on any atom is -0.461 e. The number of likely N-dealkylation sites (N-methyl/N-ethyl adjacent to an activating group) is 1. The maximum atomic E-state index is 12.1. The van der Waals surface area contributed by atoms with E-state index < -0.39 is 0 Å². The molecule has 0 unspecified atom stereocenters. The first-order chi connectivity index (χ1) is 14.5. The molecular weight excluding hydrogens is 398 g/mol. The number of carbonyl (C=O) groups excluding carboxylic acids is 2. The van der Waals surface area contributed by atoms with Crippen molar-refractivity contribution < 1.29 is 14.3 Å². The van der Waals surface area contributed by atoms with Crippen molar-refractivity contribution in [2.24, 2.45) is 0 Å². The van der Waals surface area contributed by atoms with Crippen LogP contribution in [0.1, 0.15) is 29.8 Å². The highest BCUT2D eigenvalue weighted by molar-refractivity contribution is 7.80. The zero-order chi connectivity index (χ0) is 21.8. The van der Waals surface area contributed by atoms with Crippen molar-refractivity contribution in [1.82, 2.24) is 10.2 Å². The Bertz CT molecular complexity index is 863. The van der Waals surface area contributed by atoms with Gasteiger partial charge in [0, 0.05) is 18.3 Å². The van der Waals surface area contributed by atoms with Gasteiger partial charge < -0.3 is 15.0 Å². The smallest absolute Gasteiger partial charge is 0.338 e. The lowest BCUT2D eigenvalue weighted by atomic mass is 10.2. The minimum absolute atomic E-state index is 0.173. The van der Waals surface area contributed by atoms with Gasteiger partial charge in [-0.2, -0.15) is 0 Å². The molecule has 0 bridgehead atoms. The first-order valence-corrected chi connectivity index (χ1v) is 10.3. The molecule has 0 atom stereocenters. The molecule has 30 heavy (non-hydrogen) atoms. The van der Waals surface area contributed by atoms with Gasteiger partial charge in [-0.3, -0.25) is 10.1 Å². The average Bonchev–Trinajstić information content (AvgIpc) is 2.76. The van der Waals surface area contributed by atoms with Crippen molar-refractivity contribution in [2.45, 2.75) is 13.8 Å². The van der Waals surface area contributed by atoms with E-state index in [1.807, 2.05) is 30.3 Å². The summed E-state index contributed by atoms with van der Waals surface area (Å²) in [7, 11) is 0. The van der Waals surface area contributed by atoms with Crippen LogP contribution in [0, 0.1) is 0 Å². The Balaban J connectivity index is 1.79. The lowest BCUT2D eigenvalue weighted by molar-refractivity contribution is -0.115. The van der Waals surface area contributed by atoms with E-state index in [1.165, 1.54) is 6.08 Å². The molecule has 158 valence electrons. The van der Waals surface area contributed by atoms with E-state index in [4.69, 9.17) is 17.0 Å². The third-order valence-electron chi connectivity index (χ3n) is 4.38. The normalized spacial score (nSPS) is 10.8. The maximum absolute atomic E-state index is 12.1. The molecule has 0 saturated heterocycles. The van der Waals surface area contributed by atoms with Gasteiger partial charge in [0.25, 0.3) is 0 Å². The predicted octanol–water partition coefficient (Wildman–Crippen LogP) is 3.71. The number of carbonyl (C=O) groups is 2. The molecule has 7 heteroatoms. The van der Waals surface area contributed by atoms with Gasteiger partial charge >= 0.3 is 5.97 Å². The van der Waals surface area contributed by atoms with Crippen LogP contribution in [-0.2, 0) is 9.53 Å². The number of nitrogens with zero attached hydrogens (tertiary/aromatic N) is 1. The van der Waals surface area contributed by atoms with Crippen molar-refractivity contribution >= 4 is 41.0 Å². The molecule has 0 saturated carbocycles. The molecule has 0 fully saturated rings. The lowest BCUT2D eigenvalue weighted by Gasteiger charge is -2.17. The van der Waals surface area contributed by atoms with E-state index >= 15 is 0 Å². The highest BCUT2D eigenvalue weighted by Crippen LogP contribution is 2.11. The number of ether oxygens (including phenoxy) is 1. The number of hydrogen-bond acceptors (Lipinski definition) is 5. The zero-order valence-electron chi connectivity index (χ0n) is 17.3. The number of amides is 1. The molecule has 0 aromatic heterocycles. The van der Waals surface area contributed by atoms with Crippen molar-refractivity contribution in [1.29, 1.82) is 0 Å². The van der Waals surface area contributed by atoms with Crippen LogP contribution in [0.4, 0.5) is 5.69 Å². The van der Waals surface area contributed by atoms with Gasteiger partial charge in [0.1, 0.15) is 6.61 Å². The summed E-state index contributed by atoms with van der Waals surface area (Å²) in [5, 5.41) is 5.67. The van der Waals surface area contributed by atoms with Crippen molar-refractivity contribution in [3.63, 3.8) is 0 Å². The Kier molecular flexibility index (Phi) is 9.70. The average molecular weight is 426 g/mol. The molecule has 2 aromatic rings. The molecule has 2 N–H and O–H groups in total. The molecule has 0 spiro atoms. The van der Waals surface area contributed by atoms with E-state index in [0.717, 1.165) is 18.7 Å². The summed E-state index contributed by atoms with van der Waals surface area (Å²) in [4.78, 5) is 26.3. The summed E-state index contributed by atoms with van der Waals surface area (Å²) in [6.07, 6.45) is 3.12. The van der Waals surface area contributed by atoms with Gasteiger partial charge in [0.15, 0.2) is 5.11 Å². The van der Waals surface area contributed by atoms with Crippen LogP contribution in [0.15, 0.2) is 60.7 Å². The van der Waals surface area contributed by atoms with Gasteiger partial charge in [-0.1, -0.05) is 44.2 Å². The highest BCUT2D eigenvalue weighted by Gasteiger charge is 2.09. The maximum Gasteiger partial charge on any atom is 0.338 e. The third-order valence-corrected chi connectivity index (χ3v) is 4.58. The Morgan fingerprint density at radius 1 is 1.03 bits per heavy atom. The fourth-order valence-corrected chi connectivity index (χ4v) is 2.85. The van der Waals surface area contributed by atoms with Crippen LogP contribution < -0.4 is 10.6 Å². The standard InChI is InChI=1S/C23H27N3O3S/c1-3-26(4-2)16-17-29-22(28)19-11-13-20(14-12-19)24-23(30)25-21(27)15-10-18-8-6-5-7-9-18/h5-15H,3-4,16-17H2,1-2H3,(H2,24,25,27,30)/b15-10-. The largest absolute Gasteiger partial charge is 0.461 e. The van der Waals surface area contributed by atoms with Crippen molar-refractivity contribution in [2.75, 3.05) is 31.6 Å².